The minimum absolute atomic E-state index is 0.151. The molecule has 0 aliphatic rings. The van der Waals surface area contributed by atoms with Crippen LogP contribution in [0.15, 0.2) is 24.5 Å². The van der Waals surface area contributed by atoms with Crippen molar-refractivity contribution >= 4 is 34.6 Å². The van der Waals surface area contributed by atoms with Crippen molar-refractivity contribution in [2.24, 2.45) is 0 Å². The highest BCUT2D eigenvalue weighted by Gasteiger charge is 2.26. The van der Waals surface area contributed by atoms with E-state index in [1.54, 1.807) is 0 Å². The predicted octanol–water partition coefficient (Wildman–Crippen LogP) is 3.39. The average molecular weight is 331 g/mol. The SMILES string of the molecule is O=[N+]([O-])c1ccc(Cl)cc1Oc1ncnc(Cl)c1[N+](=O)[O-]. The largest absolute Gasteiger partial charge is 0.426 e. The molecule has 0 fully saturated rings. The summed E-state index contributed by atoms with van der Waals surface area (Å²) in [6, 6.07) is 3.53. The molecule has 2 rings (SSSR count). The van der Waals surface area contributed by atoms with Gasteiger partial charge in [0.25, 0.3) is 0 Å². The predicted molar refractivity (Wildman–Crippen MR) is 71.9 cm³/mol. The average Bonchev–Trinajstić information content (AvgIpc) is 2.37. The third-order valence-corrected chi connectivity index (χ3v) is 2.76. The summed E-state index contributed by atoms with van der Waals surface area (Å²) in [6.07, 6.45) is 0.932. The van der Waals surface area contributed by atoms with E-state index in [1.165, 1.54) is 6.07 Å². The van der Waals surface area contributed by atoms with Gasteiger partial charge in [0.05, 0.1) is 9.85 Å². The van der Waals surface area contributed by atoms with Gasteiger partial charge in [-0.25, -0.2) is 4.98 Å². The number of aromatic nitrogens is 2. The molecule has 0 unspecified atom stereocenters. The lowest BCUT2D eigenvalue weighted by atomic mass is 10.3. The van der Waals surface area contributed by atoms with Crippen molar-refractivity contribution in [3.63, 3.8) is 0 Å². The zero-order chi connectivity index (χ0) is 15.6. The molecule has 0 bridgehead atoms. The first-order valence-electron chi connectivity index (χ1n) is 5.17. The first-order chi connectivity index (χ1) is 9.90. The van der Waals surface area contributed by atoms with Crippen molar-refractivity contribution in [2.75, 3.05) is 0 Å². The van der Waals surface area contributed by atoms with E-state index in [1.807, 2.05) is 0 Å². The number of hydrogen-bond donors (Lipinski definition) is 0. The Morgan fingerprint density at radius 3 is 2.43 bits per heavy atom. The molecule has 108 valence electrons. The van der Waals surface area contributed by atoms with E-state index in [0.29, 0.717) is 0 Å². The summed E-state index contributed by atoms with van der Waals surface area (Å²) in [5, 5.41) is 21.5. The molecule has 0 saturated carbocycles. The highest BCUT2D eigenvalue weighted by atomic mass is 35.5. The van der Waals surface area contributed by atoms with Crippen LogP contribution in [0, 0.1) is 20.2 Å². The van der Waals surface area contributed by atoms with Gasteiger partial charge < -0.3 is 4.74 Å². The maximum atomic E-state index is 10.9. The van der Waals surface area contributed by atoms with Crippen LogP contribution in [-0.2, 0) is 0 Å². The summed E-state index contributed by atoms with van der Waals surface area (Å²) in [6.45, 7) is 0. The Hall–Kier alpha value is -2.52. The van der Waals surface area contributed by atoms with Crippen LogP contribution in [0.3, 0.4) is 0 Å². The van der Waals surface area contributed by atoms with Crippen LogP contribution in [-0.4, -0.2) is 19.8 Å². The van der Waals surface area contributed by atoms with Crippen LogP contribution in [0.4, 0.5) is 11.4 Å². The molecule has 2 aromatic rings. The molecule has 1 aromatic heterocycles. The molecule has 1 aromatic carbocycles. The van der Waals surface area contributed by atoms with E-state index in [2.05, 4.69) is 9.97 Å². The van der Waals surface area contributed by atoms with E-state index in [4.69, 9.17) is 27.9 Å². The number of nitro groups is 2. The van der Waals surface area contributed by atoms with Crippen LogP contribution in [0.1, 0.15) is 0 Å². The van der Waals surface area contributed by atoms with Crippen molar-refractivity contribution in [3.05, 3.63) is 54.9 Å². The third-order valence-electron chi connectivity index (χ3n) is 2.25. The summed E-state index contributed by atoms with van der Waals surface area (Å²) < 4.78 is 5.12. The summed E-state index contributed by atoms with van der Waals surface area (Å²) in [7, 11) is 0. The minimum atomic E-state index is -0.853. The molecule has 0 aliphatic carbocycles. The fourth-order valence-electron chi connectivity index (χ4n) is 1.40. The molecule has 11 heteroatoms. The van der Waals surface area contributed by atoms with E-state index in [0.717, 1.165) is 18.5 Å². The van der Waals surface area contributed by atoms with Crippen molar-refractivity contribution < 1.29 is 14.6 Å². The molecule has 0 radical (unpaired) electrons. The second-order valence-electron chi connectivity index (χ2n) is 3.55. The van der Waals surface area contributed by atoms with E-state index >= 15 is 0 Å². The van der Waals surface area contributed by atoms with Crippen molar-refractivity contribution in [1.29, 1.82) is 0 Å². The number of hydrogen-bond acceptors (Lipinski definition) is 7. The van der Waals surface area contributed by atoms with E-state index in [-0.39, 0.29) is 10.8 Å². The van der Waals surface area contributed by atoms with Gasteiger partial charge in [-0.15, -0.1) is 0 Å². The Balaban J connectivity index is 2.53. The molecular formula is C10H4Cl2N4O5. The lowest BCUT2D eigenvalue weighted by Crippen LogP contribution is -2.00. The number of benzene rings is 1. The van der Waals surface area contributed by atoms with Gasteiger partial charge in [0.15, 0.2) is 0 Å². The van der Waals surface area contributed by atoms with Gasteiger partial charge >= 0.3 is 17.3 Å². The molecule has 21 heavy (non-hydrogen) atoms. The summed E-state index contributed by atoms with van der Waals surface area (Å²) in [5.41, 5.74) is -1.13. The van der Waals surface area contributed by atoms with Gasteiger partial charge in [-0.2, -0.15) is 4.98 Å². The van der Waals surface area contributed by atoms with Gasteiger partial charge in [0.2, 0.25) is 10.9 Å². The molecule has 0 saturated heterocycles. The Labute approximate surface area is 126 Å². The lowest BCUT2D eigenvalue weighted by Gasteiger charge is -2.06. The lowest BCUT2D eigenvalue weighted by molar-refractivity contribution is -0.387. The minimum Gasteiger partial charge on any atom is -0.426 e. The summed E-state index contributed by atoms with van der Waals surface area (Å²) in [4.78, 5) is 27.3. The summed E-state index contributed by atoms with van der Waals surface area (Å²) >= 11 is 11.3. The molecule has 0 amide bonds. The van der Waals surface area contributed by atoms with Crippen LogP contribution < -0.4 is 4.74 Å². The highest BCUT2D eigenvalue weighted by molar-refractivity contribution is 6.31. The van der Waals surface area contributed by atoms with Crippen LogP contribution in [0.2, 0.25) is 10.2 Å². The van der Waals surface area contributed by atoms with Gasteiger partial charge in [0, 0.05) is 17.2 Å². The molecule has 9 nitrogen and oxygen atoms in total. The number of ether oxygens (including phenoxy) is 1. The van der Waals surface area contributed by atoms with Gasteiger partial charge in [-0.1, -0.05) is 23.2 Å². The molecule has 0 spiro atoms. The van der Waals surface area contributed by atoms with Crippen LogP contribution in [0.5, 0.6) is 11.6 Å². The van der Waals surface area contributed by atoms with Gasteiger partial charge in [0.1, 0.15) is 6.33 Å². The van der Waals surface area contributed by atoms with Crippen molar-refractivity contribution in [2.45, 2.75) is 0 Å². The second kappa shape index (κ2) is 5.85. The van der Waals surface area contributed by atoms with Crippen LogP contribution in [0.25, 0.3) is 0 Å². The standard InChI is InChI=1S/C10H4Cl2N4O5/c11-5-1-2-6(15(17)18)7(3-5)21-10-8(16(19)20)9(12)13-4-14-10/h1-4H. The Morgan fingerprint density at radius 2 is 1.81 bits per heavy atom. The zero-order valence-corrected chi connectivity index (χ0v) is 11.4. The fourth-order valence-corrected chi connectivity index (χ4v) is 1.75. The molecule has 0 N–H and O–H groups in total. The Bertz CT molecular complexity index is 739. The molecule has 0 atom stereocenters. The topological polar surface area (TPSA) is 121 Å². The van der Waals surface area contributed by atoms with Crippen LogP contribution >= 0.6 is 23.2 Å². The molecular weight excluding hydrogens is 327 g/mol. The Kier molecular flexibility index (Phi) is 4.15. The van der Waals surface area contributed by atoms with Crippen molar-refractivity contribution in [3.8, 4) is 11.6 Å². The molecule has 0 aliphatic heterocycles. The first kappa shape index (κ1) is 14.9. The number of halogens is 2. The zero-order valence-electron chi connectivity index (χ0n) is 9.90. The normalized spacial score (nSPS) is 10.2. The van der Waals surface area contributed by atoms with E-state index in [9.17, 15) is 20.2 Å². The molecule has 1 heterocycles. The highest BCUT2D eigenvalue weighted by Crippen LogP contribution is 2.38. The van der Waals surface area contributed by atoms with Gasteiger partial charge in [-0.3, -0.25) is 20.2 Å². The van der Waals surface area contributed by atoms with E-state index < -0.39 is 32.3 Å². The number of rotatable bonds is 4. The quantitative estimate of drug-likeness (QED) is 0.478. The smallest absolute Gasteiger partial charge is 0.368 e. The fraction of sp³-hybridized carbons (Fsp3) is 0. The number of nitrogens with zero attached hydrogens (tertiary/aromatic N) is 4. The third kappa shape index (κ3) is 3.15. The van der Waals surface area contributed by atoms with Gasteiger partial charge in [-0.05, 0) is 6.07 Å². The van der Waals surface area contributed by atoms with Crippen molar-refractivity contribution in [1.82, 2.24) is 9.97 Å². The summed E-state index contributed by atoms with van der Waals surface area (Å²) in [5.74, 6) is -0.823. The second-order valence-corrected chi connectivity index (χ2v) is 4.34. The maximum Gasteiger partial charge on any atom is 0.368 e. The number of nitro benzene ring substituents is 1. The monoisotopic (exact) mass is 330 g/mol. The maximum absolute atomic E-state index is 10.9. The Morgan fingerprint density at radius 1 is 1.10 bits per heavy atom. The first-order valence-corrected chi connectivity index (χ1v) is 5.92.